The van der Waals surface area contributed by atoms with Crippen molar-refractivity contribution in [2.24, 2.45) is 0 Å². The Morgan fingerprint density at radius 3 is 2.47 bits per heavy atom. The summed E-state index contributed by atoms with van der Waals surface area (Å²) in [7, 11) is 0. The molecule has 2 aromatic rings. The van der Waals surface area contributed by atoms with Crippen LogP contribution in [0.4, 0.5) is 13.2 Å². The Bertz CT molecular complexity index is 961. The van der Waals surface area contributed by atoms with Crippen molar-refractivity contribution in [3.63, 3.8) is 0 Å². The van der Waals surface area contributed by atoms with E-state index in [1.165, 1.54) is 25.0 Å². The molecule has 2 aliphatic heterocycles. The summed E-state index contributed by atoms with van der Waals surface area (Å²) >= 11 is 0. The Morgan fingerprint density at radius 1 is 1.03 bits per heavy atom. The zero-order valence-corrected chi connectivity index (χ0v) is 17.6. The van der Waals surface area contributed by atoms with Crippen LogP contribution >= 0.6 is 0 Å². The first-order valence-corrected chi connectivity index (χ1v) is 11.1. The van der Waals surface area contributed by atoms with Crippen LogP contribution in [-0.2, 0) is 6.18 Å². The molecule has 3 fully saturated rings. The molecule has 0 bridgehead atoms. The minimum absolute atomic E-state index is 0.0257. The van der Waals surface area contributed by atoms with Crippen LogP contribution in [0.2, 0.25) is 0 Å². The van der Waals surface area contributed by atoms with Crippen molar-refractivity contribution >= 4 is 5.91 Å². The smallest absolute Gasteiger partial charge is 0.416 e. The van der Waals surface area contributed by atoms with E-state index in [0.717, 1.165) is 43.8 Å². The molecule has 5 rings (SSSR count). The Hall–Kier alpha value is -2.68. The van der Waals surface area contributed by atoms with Gasteiger partial charge in [-0.2, -0.15) is 13.2 Å². The number of carbonyl (C=O) groups excluding carboxylic acids is 1. The Labute approximate surface area is 184 Å². The molecule has 1 aromatic heterocycles. The molecule has 32 heavy (non-hydrogen) atoms. The monoisotopic (exact) mass is 446 g/mol. The van der Waals surface area contributed by atoms with Gasteiger partial charge in [0.2, 0.25) is 5.88 Å². The van der Waals surface area contributed by atoms with Crippen LogP contribution in [-0.4, -0.2) is 64.0 Å². The van der Waals surface area contributed by atoms with Crippen LogP contribution < -0.4 is 4.74 Å². The van der Waals surface area contributed by atoms with Crippen molar-refractivity contribution in [3.8, 4) is 5.88 Å². The van der Waals surface area contributed by atoms with E-state index in [0.29, 0.717) is 24.9 Å². The molecular formula is C23H25F3N4O2. The highest BCUT2D eigenvalue weighted by molar-refractivity contribution is 5.94. The van der Waals surface area contributed by atoms with Gasteiger partial charge in [0.25, 0.3) is 5.91 Å². The van der Waals surface area contributed by atoms with Crippen molar-refractivity contribution in [1.29, 1.82) is 0 Å². The summed E-state index contributed by atoms with van der Waals surface area (Å²) in [6.07, 6.45) is 2.98. The maximum Gasteiger partial charge on any atom is 0.416 e. The normalized spacial score (nSPS) is 24.2. The Balaban J connectivity index is 1.20. The van der Waals surface area contributed by atoms with E-state index in [9.17, 15) is 18.0 Å². The van der Waals surface area contributed by atoms with Crippen LogP contribution in [0, 0.1) is 0 Å². The van der Waals surface area contributed by atoms with E-state index in [4.69, 9.17) is 4.74 Å². The minimum Gasteiger partial charge on any atom is -0.472 e. The van der Waals surface area contributed by atoms with E-state index in [2.05, 4.69) is 14.9 Å². The molecule has 1 amide bonds. The van der Waals surface area contributed by atoms with Gasteiger partial charge in [-0.05, 0) is 43.5 Å². The molecule has 0 radical (unpaired) electrons. The fraction of sp³-hybridized carbons (Fsp3) is 0.522. The molecule has 2 atom stereocenters. The second kappa shape index (κ2) is 8.35. The Morgan fingerprint density at radius 2 is 1.81 bits per heavy atom. The van der Waals surface area contributed by atoms with E-state index < -0.39 is 11.7 Å². The predicted octanol–water partition coefficient (Wildman–Crippen LogP) is 3.74. The van der Waals surface area contributed by atoms with Gasteiger partial charge in [0.15, 0.2) is 0 Å². The molecule has 2 saturated heterocycles. The van der Waals surface area contributed by atoms with Crippen LogP contribution in [0.1, 0.15) is 53.2 Å². The summed E-state index contributed by atoms with van der Waals surface area (Å²) in [6, 6.07) is 4.61. The van der Waals surface area contributed by atoms with E-state index in [1.54, 1.807) is 17.3 Å². The third-order valence-electron chi connectivity index (χ3n) is 6.47. The fourth-order valence-corrected chi connectivity index (χ4v) is 4.61. The lowest BCUT2D eigenvalue weighted by molar-refractivity contribution is -0.137. The number of aromatic nitrogens is 2. The van der Waals surface area contributed by atoms with Crippen molar-refractivity contribution in [3.05, 3.63) is 53.5 Å². The number of carbonyl (C=O) groups is 1. The molecule has 1 aromatic carbocycles. The van der Waals surface area contributed by atoms with Crippen LogP contribution in [0.25, 0.3) is 0 Å². The number of fused-ring (bicyclic) bond motifs is 1. The maximum atomic E-state index is 12.9. The first kappa shape index (κ1) is 21.2. The summed E-state index contributed by atoms with van der Waals surface area (Å²) < 4.78 is 44.5. The molecule has 0 spiro atoms. The van der Waals surface area contributed by atoms with Crippen LogP contribution in [0.15, 0.2) is 36.7 Å². The standard InChI is InChI=1S/C23H25F3N4O2/c24-23(25,26)17-6-4-16(5-7-17)22(31)30-9-1-8-29-14-19(10-18(29)13-30)32-21-12-27-20(11-28-21)15-2-3-15/h4-7,11-12,15,18-19H,1-3,8-10,13-14H2/t18-,19+/m1/s1. The number of amides is 1. The number of alkyl halides is 3. The lowest BCUT2D eigenvalue weighted by Gasteiger charge is -2.25. The number of rotatable bonds is 4. The summed E-state index contributed by atoms with van der Waals surface area (Å²) in [4.78, 5) is 25.9. The number of benzene rings is 1. The van der Waals surface area contributed by atoms with Gasteiger partial charge in [-0.1, -0.05) is 0 Å². The topological polar surface area (TPSA) is 58.6 Å². The number of hydrogen-bond acceptors (Lipinski definition) is 5. The van der Waals surface area contributed by atoms with E-state index in [1.807, 2.05) is 0 Å². The van der Waals surface area contributed by atoms with Crippen LogP contribution in [0.3, 0.4) is 0 Å². The zero-order valence-electron chi connectivity index (χ0n) is 17.6. The third kappa shape index (κ3) is 4.57. The molecule has 6 nitrogen and oxygen atoms in total. The molecule has 1 aliphatic carbocycles. The molecule has 170 valence electrons. The molecule has 3 aliphatic rings. The molecule has 0 N–H and O–H groups in total. The average Bonchev–Trinajstić information content (AvgIpc) is 3.58. The van der Waals surface area contributed by atoms with Crippen LogP contribution in [0.5, 0.6) is 5.88 Å². The summed E-state index contributed by atoms with van der Waals surface area (Å²) in [5.74, 6) is 0.843. The first-order chi connectivity index (χ1) is 15.4. The van der Waals surface area contributed by atoms with Crippen molar-refractivity contribution in [1.82, 2.24) is 19.8 Å². The van der Waals surface area contributed by atoms with Crippen molar-refractivity contribution in [2.45, 2.75) is 49.9 Å². The second-order valence-corrected chi connectivity index (χ2v) is 8.86. The van der Waals surface area contributed by atoms with Gasteiger partial charge < -0.3 is 9.64 Å². The third-order valence-corrected chi connectivity index (χ3v) is 6.47. The minimum atomic E-state index is -4.41. The van der Waals surface area contributed by atoms with Gasteiger partial charge >= 0.3 is 6.18 Å². The average molecular weight is 446 g/mol. The highest BCUT2D eigenvalue weighted by atomic mass is 19.4. The number of halogens is 3. The zero-order chi connectivity index (χ0) is 22.3. The SMILES string of the molecule is O=C(c1ccc(C(F)(F)F)cc1)N1CCCN2C[C@@H](Oc3cnc(C4CC4)cn3)C[C@@H]2C1. The number of hydrogen-bond donors (Lipinski definition) is 0. The lowest BCUT2D eigenvalue weighted by Crippen LogP contribution is -2.39. The molecule has 0 unspecified atom stereocenters. The van der Waals surface area contributed by atoms with Gasteiger partial charge in [0.05, 0.1) is 23.7 Å². The van der Waals surface area contributed by atoms with Gasteiger partial charge in [-0.15, -0.1) is 0 Å². The maximum absolute atomic E-state index is 12.9. The van der Waals surface area contributed by atoms with E-state index >= 15 is 0 Å². The number of ether oxygens (including phenoxy) is 1. The second-order valence-electron chi connectivity index (χ2n) is 8.86. The van der Waals surface area contributed by atoms with Gasteiger partial charge in [0, 0.05) is 50.1 Å². The largest absolute Gasteiger partial charge is 0.472 e. The summed E-state index contributed by atoms with van der Waals surface area (Å²) in [5.41, 5.74) is 0.554. The summed E-state index contributed by atoms with van der Waals surface area (Å²) in [5, 5.41) is 0. The quantitative estimate of drug-likeness (QED) is 0.716. The van der Waals surface area contributed by atoms with Gasteiger partial charge in [-0.25, -0.2) is 4.98 Å². The van der Waals surface area contributed by atoms with Crippen molar-refractivity contribution in [2.75, 3.05) is 26.2 Å². The highest BCUT2D eigenvalue weighted by Crippen LogP contribution is 2.38. The summed E-state index contributed by atoms with van der Waals surface area (Å²) in [6.45, 7) is 2.74. The van der Waals surface area contributed by atoms with Gasteiger partial charge in [-0.3, -0.25) is 14.7 Å². The number of nitrogens with zero attached hydrogens (tertiary/aromatic N) is 4. The predicted molar refractivity (Wildman–Crippen MR) is 110 cm³/mol. The molecular weight excluding hydrogens is 421 g/mol. The fourth-order valence-electron chi connectivity index (χ4n) is 4.61. The van der Waals surface area contributed by atoms with E-state index in [-0.39, 0.29) is 23.6 Å². The lowest BCUT2D eigenvalue weighted by atomic mass is 10.1. The molecule has 9 heteroatoms. The molecule has 3 heterocycles. The van der Waals surface area contributed by atoms with Crippen molar-refractivity contribution < 1.29 is 22.7 Å². The first-order valence-electron chi connectivity index (χ1n) is 11.1. The molecule has 1 saturated carbocycles. The van der Waals surface area contributed by atoms with Gasteiger partial charge in [0.1, 0.15) is 6.10 Å². The Kier molecular flexibility index (Phi) is 5.53. The highest BCUT2D eigenvalue weighted by Gasteiger charge is 2.37.